The van der Waals surface area contributed by atoms with E-state index in [2.05, 4.69) is 20.3 Å². The highest BCUT2D eigenvalue weighted by Gasteiger charge is 2.23. The molecular formula is C18H24N6O2. The molecule has 0 spiro atoms. The van der Waals surface area contributed by atoms with E-state index < -0.39 is 5.60 Å². The van der Waals surface area contributed by atoms with Crippen LogP contribution < -0.4 is 0 Å². The van der Waals surface area contributed by atoms with E-state index in [9.17, 15) is 4.79 Å². The molecule has 26 heavy (non-hydrogen) atoms. The molecule has 0 saturated heterocycles. The number of nitrogens with zero attached hydrogens (tertiary/aromatic N) is 6. The van der Waals surface area contributed by atoms with Crippen molar-refractivity contribution >= 4 is 6.09 Å². The van der Waals surface area contributed by atoms with Crippen molar-refractivity contribution in [3.8, 4) is 0 Å². The van der Waals surface area contributed by atoms with E-state index in [1.54, 1.807) is 11.1 Å². The minimum atomic E-state index is -0.556. The van der Waals surface area contributed by atoms with Crippen LogP contribution >= 0.6 is 0 Å². The summed E-state index contributed by atoms with van der Waals surface area (Å²) in [5.74, 6) is 0. The molecule has 0 saturated carbocycles. The molecule has 0 bridgehead atoms. The second-order valence-electron chi connectivity index (χ2n) is 7.06. The summed E-state index contributed by atoms with van der Waals surface area (Å²) in [4.78, 5) is 17.0. The van der Waals surface area contributed by atoms with Gasteiger partial charge in [0, 0.05) is 24.5 Å². The van der Waals surface area contributed by atoms with Crippen LogP contribution in [0.2, 0.25) is 0 Å². The lowest BCUT2D eigenvalue weighted by atomic mass is 10.1. The molecule has 138 valence electrons. The molecule has 1 aliphatic rings. The molecule has 0 aromatic heterocycles. The van der Waals surface area contributed by atoms with E-state index in [1.165, 1.54) is 0 Å². The van der Waals surface area contributed by atoms with Gasteiger partial charge in [0.25, 0.3) is 0 Å². The van der Waals surface area contributed by atoms with Crippen LogP contribution in [0.5, 0.6) is 0 Å². The van der Waals surface area contributed by atoms with E-state index >= 15 is 0 Å². The number of azo groups is 1. The van der Waals surface area contributed by atoms with Crippen molar-refractivity contribution in [1.29, 1.82) is 0 Å². The average molecular weight is 356 g/mol. The van der Waals surface area contributed by atoms with Gasteiger partial charge in [-0.1, -0.05) is 29.4 Å². The standard InChI is InChI=1S/C18H24N6O2/c1-18(2,3)26-17(25)24(13-16-10-21-22-11-16)12-15-6-4-14(5-7-15)8-9-20-23-19/h4-7,10H,8-9,11-13H2,1-3H3. The lowest BCUT2D eigenvalue weighted by molar-refractivity contribution is 0.0251. The van der Waals surface area contributed by atoms with Gasteiger partial charge in [0.15, 0.2) is 0 Å². The Morgan fingerprint density at radius 3 is 2.54 bits per heavy atom. The minimum Gasteiger partial charge on any atom is -0.444 e. The van der Waals surface area contributed by atoms with Crippen molar-refractivity contribution in [2.24, 2.45) is 15.3 Å². The normalized spacial score (nSPS) is 13.1. The molecular weight excluding hydrogens is 332 g/mol. The second-order valence-corrected chi connectivity index (χ2v) is 7.06. The smallest absolute Gasteiger partial charge is 0.410 e. The van der Waals surface area contributed by atoms with Crippen LogP contribution in [0.25, 0.3) is 10.4 Å². The maximum Gasteiger partial charge on any atom is 0.410 e. The number of azide groups is 1. The number of amides is 1. The number of hydrogen-bond acceptors (Lipinski definition) is 5. The van der Waals surface area contributed by atoms with Crippen molar-refractivity contribution in [2.75, 3.05) is 19.6 Å². The molecule has 2 rings (SSSR count). The van der Waals surface area contributed by atoms with Gasteiger partial charge in [-0.25, -0.2) is 4.79 Å². The first-order chi connectivity index (χ1) is 12.4. The number of hydrogen-bond donors (Lipinski definition) is 0. The summed E-state index contributed by atoms with van der Waals surface area (Å²) in [6.07, 6.45) is 2.02. The topological polar surface area (TPSA) is 103 Å². The first-order valence-electron chi connectivity index (χ1n) is 8.48. The number of benzene rings is 1. The molecule has 1 aromatic rings. The maximum absolute atomic E-state index is 12.6. The second kappa shape index (κ2) is 9.01. The summed E-state index contributed by atoms with van der Waals surface area (Å²) in [7, 11) is 0. The summed E-state index contributed by atoms with van der Waals surface area (Å²) >= 11 is 0. The Morgan fingerprint density at radius 2 is 1.96 bits per heavy atom. The van der Waals surface area contributed by atoms with Crippen molar-refractivity contribution in [1.82, 2.24) is 4.90 Å². The van der Waals surface area contributed by atoms with Crippen LogP contribution in [0.3, 0.4) is 0 Å². The van der Waals surface area contributed by atoms with E-state index in [0.717, 1.165) is 16.7 Å². The van der Waals surface area contributed by atoms with Gasteiger partial charge in [-0.15, -0.1) is 0 Å². The number of carbonyl (C=O) groups excluding carboxylic acids is 1. The lowest BCUT2D eigenvalue weighted by Gasteiger charge is -2.27. The quantitative estimate of drug-likeness (QED) is 0.404. The molecule has 1 aromatic carbocycles. The lowest BCUT2D eigenvalue weighted by Crippen LogP contribution is -2.37. The monoisotopic (exact) mass is 356 g/mol. The fourth-order valence-corrected chi connectivity index (χ4v) is 2.40. The zero-order valence-electron chi connectivity index (χ0n) is 15.4. The molecule has 0 atom stereocenters. The Hall–Kier alpha value is -2.86. The van der Waals surface area contributed by atoms with Gasteiger partial charge in [0.2, 0.25) is 0 Å². The van der Waals surface area contributed by atoms with Gasteiger partial charge in [0.05, 0.1) is 12.7 Å². The number of ether oxygens (including phenoxy) is 1. The minimum absolute atomic E-state index is 0.363. The molecule has 0 N–H and O–H groups in total. The Bertz CT molecular complexity index is 727. The summed E-state index contributed by atoms with van der Waals surface area (Å²) < 4.78 is 5.52. The Kier molecular flexibility index (Phi) is 6.74. The van der Waals surface area contributed by atoms with Crippen molar-refractivity contribution in [3.05, 3.63) is 57.6 Å². The van der Waals surface area contributed by atoms with Gasteiger partial charge in [0.1, 0.15) is 5.60 Å². The largest absolute Gasteiger partial charge is 0.444 e. The molecule has 0 aliphatic carbocycles. The fourth-order valence-electron chi connectivity index (χ4n) is 2.40. The summed E-state index contributed by atoms with van der Waals surface area (Å²) in [6, 6.07) is 7.91. The SMILES string of the molecule is CC(C)(C)OC(=O)N(CC1=CN=NC1)Cc1ccc(CCN=[N+]=[N-])cc1. The van der Waals surface area contributed by atoms with Gasteiger partial charge in [-0.3, -0.25) is 4.90 Å². The number of rotatable bonds is 7. The van der Waals surface area contributed by atoms with Crippen LogP contribution in [0, 0.1) is 0 Å². The molecule has 0 fully saturated rings. The van der Waals surface area contributed by atoms with E-state index in [4.69, 9.17) is 10.3 Å². The molecule has 1 aliphatic heterocycles. The molecule has 1 amide bonds. The average Bonchev–Trinajstić information content (AvgIpc) is 3.07. The third-order valence-electron chi connectivity index (χ3n) is 3.60. The highest BCUT2D eigenvalue weighted by Crippen LogP contribution is 2.16. The molecule has 0 radical (unpaired) electrons. The predicted octanol–water partition coefficient (Wildman–Crippen LogP) is 4.63. The van der Waals surface area contributed by atoms with Crippen LogP contribution in [0.4, 0.5) is 4.79 Å². The molecule has 8 heteroatoms. The summed E-state index contributed by atoms with van der Waals surface area (Å²) in [5.41, 5.74) is 10.8. The first kappa shape index (κ1) is 19.5. The van der Waals surface area contributed by atoms with Crippen LogP contribution in [-0.2, 0) is 17.7 Å². The third-order valence-corrected chi connectivity index (χ3v) is 3.60. The Morgan fingerprint density at radius 1 is 1.27 bits per heavy atom. The summed E-state index contributed by atoms with van der Waals surface area (Å²) in [5, 5.41) is 11.3. The van der Waals surface area contributed by atoms with E-state index in [1.807, 2.05) is 45.0 Å². The van der Waals surface area contributed by atoms with Gasteiger partial charge in [-0.2, -0.15) is 10.2 Å². The van der Waals surface area contributed by atoms with E-state index in [0.29, 0.717) is 32.6 Å². The molecule has 0 unspecified atom stereocenters. The number of carbonyl (C=O) groups is 1. The van der Waals surface area contributed by atoms with E-state index in [-0.39, 0.29) is 6.09 Å². The highest BCUT2D eigenvalue weighted by atomic mass is 16.6. The Balaban J connectivity index is 2.04. The first-order valence-corrected chi connectivity index (χ1v) is 8.48. The zero-order chi connectivity index (χ0) is 19.0. The van der Waals surface area contributed by atoms with Crippen molar-refractivity contribution < 1.29 is 9.53 Å². The van der Waals surface area contributed by atoms with Crippen molar-refractivity contribution in [2.45, 2.75) is 39.3 Å². The summed E-state index contributed by atoms with van der Waals surface area (Å²) in [6.45, 7) is 7.35. The van der Waals surface area contributed by atoms with Gasteiger partial charge >= 0.3 is 6.09 Å². The fraction of sp³-hybridized carbons (Fsp3) is 0.500. The predicted molar refractivity (Wildman–Crippen MR) is 98.6 cm³/mol. The zero-order valence-corrected chi connectivity index (χ0v) is 15.4. The maximum atomic E-state index is 12.6. The van der Waals surface area contributed by atoms with Crippen LogP contribution in [0.15, 0.2) is 51.4 Å². The van der Waals surface area contributed by atoms with Crippen molar-refractivity contribution in [3.63, 3.8) is 0 Å². The van der Waals surface area contributed by atoms with Gasteiger partial charge in [-0.05, 0) is 49.4 Å². The van der Waals surface area contributed by atoms with Crippen LogP contribution in [-0.4, -0.2) is 36.2 Å². The molecule has 8 nitrogen and oxygen atoms in total. The Labute approximate surface area is 153 Å². The van der Waals surface area contributed by atoms with Gasteiger partial charge < -0.3 is 4.74 Å². The molecule has 1 heterocycles. The van der Waals surface area contributed by atoms with Crippen LogP contribution in [0.1, 0.15) is 31.9 Å². The highest BCUT2D eigenvalue weighted by molar-refractivity contribution is 5.68. The third kappa shape index (κ3) is 6.57.